The zero-order valence-electron chi connectivity index (χ0n) is 17.6. The highest BCUT2D eigenvalue weighted by Gasteiger charge is 2.34. The summed E-state index contributed by atoms with van der Waals surface area (Å²) in [6, 6.07) is 16.0. The molecule has 0 bridgehead atoms. The largest absolute Gasteiger partial charge is 0.399 e. The molecule has 0 amide bonds. The Morgan fingerprint density at radius 2 is 1.68 bits per heavy atom. The molecular weight excluding hydrogens is 494 g/mol. The van der Waals surface area contributed by atoms with Gasteiger partial charge in [-0.3, -0.25) is 0 Å². The van der Waals surface area contributed by atoms with Gasteiger partial charge in [-0.25, -0.2) is 28.4 Å². The maximum atomic E-state index is 13.8. The van der Waals surface area contributed by atoms with E-state index in [1.165, 1.54) is 48.4 Å². The highest BCUT2D eigenvalue weighted by molar-refractivity contribution is 7.98. The van der Waals surface area contributed by atoms with Crippen LogP contribution in [0, 0.1) is 11.3 Å². The summed E-state index contributed by atoms with van der Waals surface area (Å²) in [4.78, 5) is 17.0. The standard InChI is InChI=1S/C22H16ClN7O2S2/c1-33-22-28-19(14-3-5-15(23)6-4-14)18(13-24)20(29-22)30(21-26-11-2-12-27-21)34(31,32)17-9-7-16(25)8-10-17/h2-12H,25H2,1H3. The van der Waals surface area contributed by atoms with E-state index in [2.05, 4.69) is 26.0 Å². The number of sulfonamides is 1. The van der Waals surface area contributed by atoms with E-state index in [1.54, 1.807) is 36.6 Å². The Morgan fingerprint density at radius 3 is 2.26 bits per heavy atom. The predicted octanol–water partition coefficient (Wildman–Crippen LogP) is 4.29. The van der Waals surface area contributed by atoms with Gasteiger partial charge in [-0.2, -0.15) is 9.57 Å². The van der Waals surface area contributed by atoms with Crippen LogP contribution in [0.4, 0.5) is 17.5 Å². The van der Waals surface area contributed by atoms with Gasteiger partial charge in [-0.15, -0.1) is 0 Å². The molecule has 0 aliphatic heterocycles. The quantitative estimate of drug-likeness (QED) is 0.229. The van der Waals surface area contributed by atoms with Crippen LogP contribution in [0.25, 0.3) is 11.3 Å². The lowest BCUT2D eigenvalue weighted by molar-refractivity contribution is 0.594. The first-order chi connectivity index (χ1) is 16.3. The molecule has 0 atom stereocenters. The lowest BCUT2D eigenvalue weighted by Gasteiger charge is -2.23. The lowest BCUT2D eigenvalue weighted by atomic mass is 10.1. The second-order valence-electron chi connectivity index (χ2n) is 6.76. The predicted molar refractivity (Wildman–Crippen MR) is 131 cm³/mol. The Kier molecular flexibility index (Phi) is 6.65. The zero-order valence-corrected chi connectivity index (χ0v) is 20.0. The fourth-order valence-electron chi connectivity index (χ4n) is 3.04. The number of thioether (sulfide) groups is 1. The van der Waals surface area contributed by atoms with Crippen LogP contribution in [0.2, 0.25) is 5.02 Å². The van der Waals surface area contributed by atoms with Crippen molar-refractivity contribution in [1.82, 2.24) is 19.9 Å². The Hall–Kier alpha value is -3.72. The number of aromatic nitrogens is 4. The van der Waals surface area contributed by atoms with E-state index in [4.69, 9.17) is 17.3 Å². The van der Waals surface area contributed by atoms with Crippen LogP contribution < -0.4 is 10.0 Å². The molecule has 4 aromatic rings. The van der Waals surface area contributed by atoms with Crippen LogP contribution in [0.15, 0.2) is 77.0 Å². The van der Waals surface area contributed by atoms with E-state index in [0.717, 1.165) is 4.31 Å². The summed E-state index contributed by atoms with van der Waals surface area (Å²) in [5.74, 6) is -0.349. The minimum Gasteiger partial charge on any atom is -0.399 e. The molecule has 9 nitrogen and oxygen atoms in total. The summed E-state index contributed by atoms with van der Waals surface area (Å²) in [5.41, 5.74) is 6.89. The van der Waals surface area contributed by atoms with Gasteiger partial charge in [0.25, 0.3) is 10.0 Å². The molecule has 0 saturated heterocycles. The number of nitrogen functional groups attached to an aromatic ring is 1. The van der Waals surface area contributed by atoms with Crippen molar-refractivity contribution in [2.75, 3.05) is 16.3 Å². The van der Waals surface area contributed by atoms with Crippen molar-refractivity contribution in [3.63, 3.8) is 0 Å². The van der Waals surface area contributed by atoms with Crippen molar-refractivity contribution in [1.29, 1.82) is 5.26 Å². The first-order valence-corrected chi connectivity index (χ1v) is 12.7. The first-order valence-electron chi connectivity index (χ1n) is 9.65. The van der Waals surface area contributed by atoms with Crippen LogP contribution in [-0.4, -0.2) is 34.6 Å². The number of nitrogens with two attached hydrogens (primary N) is 1. The van der Waals surface area contributed by atoms with Gasteiger partial charge in [0.2, 0.25) is 5.95 Å². The van der Waals surface area contributed by atoms with Gasteiger partial charge in [0.15, 0.2) is 11.0 Å². The summed E-state index contributed by atoms with van der Waals surface area (Å²) in [7, 11) is -4.31. The van der Waals surface area contributed by atoms with Gasteiger partial charge < -0.3 is 5.73 Å². The normalized spacial score (nSPS) is 11.1. The van der Waals surface area contributed by atoms with Crippen molar-refractivity contribution < 1.29 is 8.42 Å². The van der Waals surface area contributed by atoms with E-state index < -0.39 is 10.0 Å². The molecule has 4 rings (SSSR count). The fraction of sp³-hybridized carbons (Fsp3) is 0.0455. The van der Waals surface area contributed by atoms with Crippen LogP contribution in [-0.2, 0) is 10.0 Å². The number of nitrogens with zero attached hydrogens (tertiary/aromatic N) is 6. The minimum atomic E-state index is -4.31. The Morgan fingerprint density at radius 1 is 1.03 bits per heavy atom. The average molecular weight is 510 g/mol. The molecule has 2 aromatic carbocycles. The molecular formula is C22H16ClN7O2S2. The lowest BCUT2D eigenvalue weighted by Crippen LogP contribution is -2.30. The van der Waals surface area contributed by atoms with E-state index >= 15 is 0 Å². The SMILES string of the molecule is CSc1nc(-c2ccc(Cl)cc2)c(C#N)c(N(c2ncccn2)S(=O)(=O)c2ccc(N)cc2)n1. The molecule has 0 spiro atoms. The third-order valence-electron chi connectivity index (χ3n) is 4.63. The Bertz CT molecular complexity index is 1480. The van der Waals surface area contributed by atoms with E-state index in [-0.39, 0.29) is 33.1 Å². The second kappa shape index (κ2) is 9.64. The van der Waals surface area contributed by atoms with Crippen molar-refractivity contribution in [3.8, 4) is 17.3 Å². The molecule has 170 valence electrons. The highest BCUT2D eigenvalue weighted by Crippen LogP contribution is 2.36. The monoisotopic (exact) mass is 509 g/mol. The average Bonchev–Trinajstić information content (AvgIpc) is 2.85. The number of benzene rings is 2. The number of anilines is 3. The topological polar surface area (TPSA) is 139 Å². The highest BCUT2D eigenvalue weighted by atomic mass is 35.5. The molecule has 34 heavy (non-hydrogen) atoms. The number of hydrogen-bond acceptors (Lipinski definition) is 9. The third kappa shape index (κ3) is 4.51. The summed E-state index contributed by atoms with van der Waals surface area (Å²) in [6.45, 7) is 0. The molecule has 0 radical (unpaired) electrons. The van der Waals surface area contributed by atoms with Gasteiger partial charge in [0, 0.05) is 28.7 Å². The second-order valence-corrected chi connectivity index (χ2v) is 9.76. The molecule has 0 fully saturated rings. The van der Waals surface area contributed by atoms with Gasteiger partial charge in [0.1, 0.15) is 11.6 Å². The Labute approximate surface area is 205 Å². The molecule has 0 aliphatic carbocycles. The molecule has 0 saturated carbocycles. The zero-order chi connectivity index (χ0) is 24.3. The fourth-order valence-corrected chi connectivity index (χ4v) is 4.89. The molecule has 2 aromatic heterocycles. The summed E-state index contributed by atoms with van der Waals surface area (Å²) < 4.78 is 28.5. The summed E-state index contributed by atoms with van der Waals surface area (Å²) >= 11 is 7.22. The maximum Gasteiger partial charge on any atom is 0.272 e. The van der Waals surface area contributed by atoms with Gasteiger partial charge in [-0.1, -0.05) is 35.5 Å². The van der Waals surface area contributed by atoms with E-state index in [1.807, 2.05) is 0 Å². The summed E-state index contributed by atoms with van der Waals surface area (Å²) in [6.07, 6.45) is 4.54. The van der Waals surface area contributed by atoms with Gasteiger partial charge in [0.05, 0.1) is 10.6 Å². The minimum absolute atomic E-state index is 0.0633. The van der Waals surface area contributed by atoms with Crippen molar-refractivity contribution in [2.24, 2.45) is 0 Å². The number of hydrogen-bond donors (Lipinski definition) is 1. The van der Waals surface area contributed by atoms with Crippen molar-refractivity contribution >= 4 is 50.8 Å². The number of nitriles is 1. The Balaban J connectivity index is 2.04. The van der Waals surface area contributed by atoms with Crippen molar-refractivity contribution in [2.45, 2.75) is 10.1 Å². The number of halogens is 1. The molecule has 2 heterocycles. The number of rotatable bonds is 6. The van der Waals surface area contributed by atoms with E-state index in [0.29, 0.717) is 16.3 Å². The van der Waals surface area contributed by atoms with Gasteiger partial charge >= 0.3 is 0 Å². The van der Waals surface area contributed by atoms with Crippen molar-refractivity contribution in [3.05, 3.63) is 77.6 Å². The van der Waals surface area contributed by atoms with Gasteiger partial charge in [-0.05, 0) is 48.7 Å². The van der Waals surface area contributed by atoms with Crippen LogP contribution in [0.3, 0.4) is 0 Å². The smallest absolute Gasteiger partial charge is 0.272 e. The third-order valence-corrected chi connectivity index (χ3v) is 7.11. The van der Waals surface area contributed by atoms with E-state index in [9.17, 15) is 13.7 Å². The molecule has 12 heteroatoms. The molecule has 2 N–H and O–H groups in total. The molecule has 0 aliphatic rings. The van der Waals surface area contributed by atoms with Crippen LogP contribution in [0.5, 0.6) is 0 Å². The molecule has 0 unspecified atom stereocenters. The van der Waals surface area contributed by atoms with Crippen LogP contribution in [0.1, 0.15) is 5.56 Å². The summed E-state index contributed by atoms with van der Waals surface area (Å²) in [5, 5.41) is 10.9. The first kappa shape index (κ1) is 23.4. The van der Waals surface area contributed by atoms with Crippen LogP contribution >= 0.6 is 23.4 Å². The maximum absolute atomic E-state index is 13.8.